The van der Waals surface area contributed by atoms with Crippen molar-refractivity contribution < 1.29 is 0 Å². The van der Waals surface area contributed by atoms with Crippen LogP contribution >= 0.6 is 0 Å². The van der Waals surface area contributed by atoms with Crippen LogP contribution in [0.3, 0.4) is 0 Å². The molecule has 1 aromatic rings. The predicted molar refractivity (Wildman–Crippen MR) is 68.0 cm³/mol. The lowest BCUT2D eigenvalue weighted by Crippen LogP contribution is -2.16. The van der Waals surface area contributed by atoms with Crippen LogP contribution in [0.5, 0.6) is 0 Å². The van der Waals surface area contributed by atoms with Gasteiger partial charge in [0.15, 0.2) is 0 Å². The average Bonchev–Trinajstić information content (AvgIpc) is 2.19. The molecule has 0 fully saturated rings. The van der Waals surface area contributed by atoms with Gasteiger partial charge in [-0.3, -0.25) is 0 Å². The first-order valence-corrected chi connectivity index (χ1v) is 5.37. The molecule has 2 nitrogen and oxygen atoms in total. The normalized spacial score (nSPS) is 12.1. The van der Waals surface area contributed by atoms with Crippen molar-refractivity contribution in [3.63, 3.8) is 0 Å². The highest BCUT2D eigenvalue weighted by Gasteiger charge is 2.16. The molecule has 0 unspecified atom stereocenters. The molecular formula is C14H18N2. The van der Waals surface area contributed by atoms with Gasteiger partial charge in [0.2, 0.25) is 0 Å². The van der Waals surface area contributed by atoms with Crippen LogP contribution in [0.1, 0.15) is 26.3 Å². The predicted octanol–water partition coefficient (Wildman–Crippen LogP) is 3.86. The molecule has 84 valence electrons. The minimum Gasteiger partial charge on any atom is -0.358 e. The second-order valence-corrected chi connectivity index (χ2v) is 4.93. The first kappa shape index (κ1) is 12.3. The van der Waals surface area contributed by atoms with Gasteiger partial charge in [0.25, 0.3) is 0 Å². The second-order valence-electron chi connectivity index (χ2n) is 4.93. The van der Waals surface area contributed by atoms with Crippen molar-refractivity contribution in [1.82, 2.24) is 0 Å². The van der Waals surface area contributed by atoms with Gasteiger partial charge in [-0.05, 0) is 19.1 Å². The largest absolute Gasteiger partial charge is 0.358 e. The Hall–Kier alpha value is -1.75. The Morgan fingerprint density at radius 2 is 1.81 bits per heavy atom. The van der Waals surface area contributed by atoms with E-state index in [1.54, 1.807) is 6.08 Å². The molecule has 0 saturated heterocycles. The summed E-state index contributed by atoms with van der Waals surface area (Å²) in [5, 5.41) is 12.0. The van der Waals surface area contributed by atoms with Crippen molar-refractivity contribution in [3.05, 3.63) is 41.6 Å². The Balaban J connectivity index is 2.90. The lowest BCUT2D eigenvalue weighted by Gasteiger charge is -2.23. The molecule has 1 N–H and O–H groups in total. The molecule has 1 aromatic carbocycles. The number of allylic oxidation sites excluding steroid dienone is 2. The molecule has 0 aliphatic heterocycles. The Bertz CT molecular complexity index is 414. The summed E-state index contributed by atoms with van der Waals surface area (Å²) in [6.07, 6.45) is 1.57. The zero-order valence-corrected chi connectivity index (χ0v) is 10.3. The summed E-state index contributed by atoms with van der Waals surface area (Å²) in [6, 6.07) is 10.2. The van der Waals surface area contributed by atoms with Crippen LogP contribution < -0.4 is 5.32 Å². The molecule has 0 spiro atoms. The quantitative estimate of drug-likeness (QED) is 0.759. The van der Waals surface area contributed by atoms with Crippen LogP contribution in [0.15, 0.2) is 36.0 Å². The zero-order valence-electron chi connectivity index (χ0n) is 10.3. The van der Waals surface area contributed by atoms with Crippen LogP contribution in [0.2, 0.25) is 0 Å². The maximum Gasteiger partial charge on any atom is 0.0930 e. The van der Waals surface area contributed by atoms with E-state index in [2.05, 4.69) is 51.2 Å². The lowest BCUT2D eigenvalue weighted by atomic mass is 9.91. The standard InChI is InChI=1S/C14H18N2/c1-11-5-7-12(8-6-11)16-13(9-10-15)14(2,3)4/h5-9,16H,1-4H3/b13-9+. The molecule has 2 heteroatoms. The molecule has 0 aliphatic rings. The van der Waals surface area contributed by atoms with Gasteiger partial charge in [-0.15, -0.1) is 0 Å². The maximum atomic E-state index is 8.76. The van der Waals surface area contributed by atoms with Gasteiger partial charge in [-0.2, -0.15) is 5.26 Å². The summed E-state index contributed by atoms with van der Waals surface area (Å²) >= 11 is 0. The third-order valence-electron chi connectivity index (χ3n) is 2.35. The highest BCUT2D eigenvalue weighted by molar-refractivity contribution is 5.50. The number of rotatable bonds is 2. The Morgan fingerprint density at radius 3 is 2.25 bits per heavy atom. The number of anilines is 1. The van der Waals surface area contributed by atoms with Crippen LogP contribution in [0.25, 0.3) is 0 Å². The summed E-state index contributed by atoms with van der Waals surface area (Å²) < 4.78 is 0. The summed E-state index contributed by atoms with van der Waals surface area (Å²) in [5.74, 6) is 0. The van der Waals surface area contributed by atoms with Crippen molar-refractivity contribution in [3.8, 4) is 6.07 Å². The summed E-state index contributed by atoms with van der Waals surface area (Å²) in [5.41, 5.74) is 3.12. The van der Waals surface area contributed by atoms with Gasteiger partial charge in [-0.1, -0.05) is 38.5 Å². The number of nitrogens with zero attached hydrogens (tertiary/aromatic N) is 1. The molecule has 0 radical (unpaired) electrons. The Kier molecular flexibility index (Phi) is 3.73. The van der Waals surface area contributed by atoms with E-state index in [0.717, 1.165) is 11.4 Å². The van der Waals surface area contributed by atoms with E-state index in [1.165, 1.54) is 5.56 Å². The minimum atomic E-state index is -0.0549. The fourth-order valence-corrected chi connectivity index (χ4v) is 1.30. The van der Waals surface area contributed by atoms with E-state index in [9.17, 15) is 0 Å². The van der Waals surface area contributed by atoms with Crippen molar-refractivity contribution in [2.75, 3.05) is 5.32 Å². The van der Waals surface area contributed by atoms with E-state index in [0.29, 0.717) is 0 Å². The number of aryl methyl sites for hydroxylation is 1. The molecule has 0 atom stereocenters. The summed E-state index contributed by atoms with van der Waals surface area (Å²) in [4.78, 5) is 0. The van der Waals surface area contributed by atoms with Crippen LogP contribution in [0, 0.1) is 23.7 Å². The molecule has 0 saturated carbocycles. The molecule has 0 amide bonds. The molecule has 0 aromatic heterocycles. The number of benzene rings is 1. The SMILES string of the molecule is Cc1ccc(N/C(=C/C#N)C(C)(C)C)cc1. The first-order chi connectivity index (χ1) is 7.43. The van der Waals surface area contributed by atoms with Crippen LogP contribution in [-0.2, 0) is 0 Å². The highest BCUT2D eigenvalue weighted by atomic mass is 14.9. The molecule has 0 bridgehead atoms. The van der Waals surface area contributed by atoms with Crippen molar-refractivity contribution in [1.29, 1.82) is 5.26 Å². The average molecular weight is 214 g/mol. The monoisotopic (exact) mass is 214 g/mol. The lowest BCUT2D eigenvalue weighted by molar-refractivity contribution is 0.508. The van der Waals surface area contributed by atoms with E-state index in [1.807, 2.05) is 12.1 Å². The summed E-state index contributed by atoms with van der Waals surface area (Å²) in [6.45, 7) is 8.30. The fourth-order valence-electron chi connectivity index (χ4n) is 1.30. The van der Waals surface area contributed by atoms with Gasteiger partial charge < -0.3 is 5.32 Å². The van der Waals surface area contributed by atoms with Crippen LogP contribution in [-0.4, -0.2) is 0 Å². The topological polar surface area (TPSA) is 35.8 Å². The van der Waals surface area contributed by atoms with E-state index >= 15 is 0 Å². The van der Waals surface area contributed by atoms with Gasteiger partial charge in [-0.25, -0.2) is 0 Å². The minimum absolute atomic E-state index is 0.0549. The first-order valence-electron chi connectivity index (χ1n) is 5.37. The van der Waals surface area contributed by atoms with Crippen molar-refractivity contribution in [2.45, 2.75) is 27.7 Å². The van der Waals surface area contributed by atoms with Crippen molar-refractivity contribution >= 4 is 5.69 Å². The second kappa shape index (κ2) is 4.85. The van der Waals surface area contributed by atoms with Crippen LogP contribution in [0.4, 0.5) is 5.69 Å². The van der Waals surface area contributed by atoms with Gasteiger partial charge >= 0.3 is 0 Å². The van der Waals surface area contributed by atoms with Gasteiger partial charge in [0.1, 0.15) is 0 Å². The van der Waals surface area contributed by atoms with Gasteiger partial charge in [0, 0.05) is 22.9 Å². The third kappa shape index (κ3) is 3.43. The smallest absolute Gasteiger partial charge is 0.0930 e. The van der Waals surface area contributed by atoms with E-state index in [-0.39, 0.29) is 5.41 Å². The highest BCUT2D eigenvalue weighted by Crippen LogP contribution is 2.26. The van der Waals surface area contributed by atoms with E-state index in [4.69, 9.17) is 5.26 Å². The molecule has 1 rings (SSSR count). The number of nitriles is 1. The molecular weight excluding hydrogens is 196 g/mol. The van der Waals surface area contributed by atoms with Gasteiger partial charge in [0.05, 0.1) is 6.07 Å². The van der Waals surface area contributed by atoms with Crippen molar-refractivity contribution in [2.24, 2.45) is 5.41 Å². The van der Waals surface area contributed by atoms with E-state index < -0.39 is 0 Å². The zero-order chi connectivity index (χ0) is 12.2. The number of nitrogens with one attached hydrogen (secondary N) is 1. The molecule has 0 aliphatic carbocycles. The maximum absolute atomic E-state index is 8.76. The number of hydrogen-bond acceptors (Lipinski definition) is 2. The fraction of sp³-hybridized carbons (Fsp3) is 0.357. The molecule has 0 heterocycles. The third-order valence-corrected chi connectivity index (χ3v) is 2.35. The Morgan fingerprint density at radius 1 is 1.25 bits per heavy atom. The number of hydrogen-bond donors (Lipinski definition) is 1. The Labute approximate surface area is 97.6 Å². The summed E-state index contributed by atoms with van der Waals surface area (Å²) in [7, 11) is 0. The molecule has 16 heavy (non-hydrogen) atoms.